The number of rotatable bonds is 1. The van der Waals surface area contributed by atoms with Crippen LogP contribution in [0.4, 0.5) is 8.78 Å². The van der Waals surface area contributed by atoms with Crippen LogP contribution in [0.1, 0.15) is 5.56 Å². The topological polar surface area (TPSA) is 26.0 Å². The van der Waals surface area contributed by atoms with Gasteiger partial charge in [0.05, 0.1) is 4.47 Å². The maximum Gasteiger partial charge on any atom is 0.140 e. The second-order valence-electron chi connectivity index (χ2n) is 2.06. The van der Waals surface area contributed by atoms with Crippen molar-refractivity contribution in [3.63, 3.8) is 0 Å². The van der Waals surface area contributed by atoms with E-state index in [1.165, 1.54) is 6.07 Å². The van der Waals surface area contributed by atoms with Crippen LogP contribution in [-0.4, -0.2) is 0 Å². The molecule has 0 saturated carbocycles. The van der Waals surface area contributed by atoms with Crippen LogP contribution in [0.2, 0.25) is 0 Å². The smallest absolute Gasteiger partial charge is 0.140 e. The lowest BCUT2D eigenvalue weighted by Gasteiger charge is -2.01. The fourth-order valence-corrected chi connectivity index (χ4v) is 1.15. The SMILES string of the molecule is NCc1cc(F)cc(F)c1Br. The van der Waals surface area contributed by atoms with E-state index in [0.29, 0.717) is 5.56 Å². The molecule has 0 fully saturated rings. The van der Waals surface area contributed by atoms with Gasteiger partial charge < -0.3 is 5.73 Å². The van der Waals surface area contributed by atoms with Gasteiger partial charge in [0.25, 0.3) is 0 Å². The van der Waals surface area contributed by atoms with Crippen LogP contribution in [0, 0.1) is 11.6 Å². The Morgan fingerprint density at radius 1 is 1.36 bits per heavy atom. The summed E-state index contributed by atoms with van der Waals surface area (Å²) < 4.78 is 25.4. The minimum Gasteiger partial charge on any atom is -0.326 e. The van der Waals surface area contributed by atoms with Crippen LogP contribution in [0.25, 0.3) is 0 Å². The molecule has 0 spiro atoms. The molecule has 0 aliphatic rings. The van der Waals surface area contributed by atoms with Gasteiger partial charge in [-0.1, -0.05) is 0 Å². The van der Waals surface area contributed by atoms with Crippen molar-refractivity contribution in [2.45, 2.75) is 6.54 Å². The maximum atomic E-state index is 12.7. The van der Waals surface area contributed by atoms with Gasteiger partial charge in [-0.15, -0.1) is 0 Å². The molecule has 1 rings (SSSR count). The van der Waals surface area contributed by atoms with E-state index in [1.807, 2.05) is 0 Å². The Bertz CT molecular complexity index is 275. The largest absolute Gasteiger partial charge is 0.326 e. The minimum absolute atomic E-state index is 0.120. The maximum absolute atomic E-state index is 12.7. The second kappa shape index (κ2) is 3.28. The van der Waals surface area contributed by atoms with E-state index < -0.39 is 11.6 Å². The van der Waals surface area contributed by atoms with Gasteiger partial charge in [-0.3, -0.25) is 0 Å². The average Bonchev–Trinajstić information content (AvgIpc) is 1.96. The van der Waals surface area contributed by atoms with Crippen molar-refractivity contribution in [3.8, 4) is 0 Å². The van der Waals surface area contributed by atoms with Crippen molar-refractivity contribution in [3.05, 3.63) is 33.8 Å². The number of halogens is 3. The fourth-order valence-electron chi connectivity index (χ4n) is 0.758. The number of benzene rings is 1. The van der Waals surface area contributed by atoms with Crippen molar-refractivity contribution < 1.29 is 8.78 Å². The summed E-state index contributed by atoms with van der Waals surface area (Å²) in [6, 6.07) is 2.01. The summed E-state index contributed by atoms with van der Waals surface area (Å²) >= 11 is 2.95. The molecule has 2 N–H and O–H groups in total. The molecule has 11 heavy (non-hydrogen) atoms. The highest BCUT2D eigenvalue weighted by atomic mass is 79.9. The summed E-state index contributed by atoms with van der Waals surface area (Å²) in [4.78, 5) is 0. The molecule has 0 aliphatic heterocycles. The Morgan fingerprint density at radius 2 is 2.00 bits per heavy atom. The number of hydrogen-bond acceptors (Lipinski definition) is 1. The Kier molecular flexibility index (Phi) is 2.57. The first-order chi connectivity index (χ1) is 5.15. The quantitative estimate of drug-likeness (QED) is 0.724. The van der Waals surface area contributed by atoms with E-state index in [4.69, 9.17) is 5.73 Å². The third-order valence-corrected chi connectivity index (χ3v) is 2.18. The second-order valence-corrected chi connectivity index (χ2v) is 2.86. The summed E-state index contributed by atoms with van der Waals surface area (Å²) in [5, 5.41) is 0. The van der Waals surface area contributed by atoms with Crippen molar-refractivity contribution in [1.82, 2.24) is 0 Å². The van der Waals surface area contributed by atoms with Crippen molar-refractivity contribution >= 4 is 15.9 Å². The van der Waals surface area contributed by atoms with E-state index in [1.54, 1.807) is 0 Å². The van der Waals surface area contributed by atoms with Crippen LogP contribution in [0.15, 0.2) is 16.6 Å². The zero-order chi connectivity index (χ0) is 8.43. The third-order valence-electron chi connectivity index (χ3n) is 1.29. The predicted octanol–water partition coefficient (Wildman–Crippen LogP) is 2.19. The lowest BCUT2D eigenvalue weighted by atomic mass is 10.2. The Hall–Kier alpha value is -0.480. The number of nitrogens with two attached hydrogens (primary N) is 1. The molecule has 0 aliphatic carbocycles. The molecule has 4 heteroatoms. The van der Waals surface area contributed by atoms with Gasteiger partial charge in [0.2, 0.25) is 0 Å². The highest BCUT2D eigenvalue weighted by molar-refractivity contribution is 9.10. The van der Waals surface area contributed by atoms with Crippen LogP contribution < -0.4 is 5.73 Å². The van der Waals surface area contributed by atoms with Gasteiger partial charge in [0, 0.05) is 12.6 Å². The lowest BCUT2D eigenvalue weighted by Crippen LogP contribution is -1.99. The molecular formula is C7H6BrF2N. The molecule has 0 saturated heterocycles. The van der Waals surface area contributed by atoms with E-state index in [9.17, 15) is 8.78 Å². The van der Waals surface area contributed by atoms with Gasteiger partial charge in [-0.05, 0) is 27.6 Å². The first-order valence-corrected chi connectivity index (χ1v) is 3.78. The first-order valence-electron chi connectivity index (χ1n) is 2.98. The molecule has 60 valence electrons. The summed E-state index contributed by atoms with van der Waals surface area (Å²) in [7, 11) is 0. The van der Waals surface area contributed by atoms with E-state index in [-0.39, 0.29) is 11.0 Å². The Morgan fingerprint density at radius 3 is 2.55 bits per heavy atom. The molecule has 0 amide bonds. The number of hydrogen-bond donors (Lipinski definition) is 1. The van der Waals surface area contributed by atoms with Gasteiger partial charge >= 0.3 is 0 Å². The zero-order valence-electron chi connectivity index (χ0n) is 5.57. The van der Waals surface area contributed by atoms with Gasteiger partial charge in [-0.25, -0.2) is 8.78 Å². The normalized spacial score (nSPS) is 10.2. The summed E-state index contributed by atoms with van der Waals surface area (Å²) in [5.41, 5.74) is 5.66. The molecule has 0 radical (unpaired) electrons. The van der Waals surface area contributed by atoms with Crippen LogP contribution in [0.3, 0.4) is 0 Å². The molecule has 0 aromatic heterocycles. The lowest BCUT2D eigenvalue weighted by molar-refractivity contribution is 0.575. The predicted molar refractivity (Wildman–Crippen MR) is 41.9 cm³/mol. The molecule has 1 aromatic rings. The molecule has 1 aromatic carbocycles. The highest BCUT2D eigenvalue weighted by Gasteiger charge is 2.06. The zero-order valence-corrected chi connectivity index (χ0v) is 7.16. The molecular weight excluding hydrogens is 216 g/mol. The molecule has 0 unspecified atom stereocenters. The average molecular weight is 222 g/mol. The summed E-state index contributed by atoms with van der Waals surface area (Å²) in [6.07, 6.45) is 0. The van der Waals surface area contributed by atoms with Crippen LogP contribution in [0.5, 0.6) is 0 Å². The van der Waals surface area contributed by atoms with Crippen LogP contribution >= 0.6 is 15.9 Å². The standard InChI is InChI=1S/C7H6BrF2N/c8-7-4(3-11)1-5(9)2-6(7)10/h1-2H,3,11H2. The van der Waals surface area contributed by atoms with Gasteiger partial charge in [0.1, 0.15) is 11.6 Å². The first kappa shape index (κ1) is 8.62. The summed E-state index contributed by atoms with van der Waals surface area (Å²) in [6.45, 7) is 0.120. The van der Waals surface area contributed by atoms with Gasteiger partial charge in [0.15, 0.2) is 0 Å². The minimum atomic E-state index is -0.620. The van der Waals surface area contributed by atoms with Gasteiger partial charge in [-0.2, -0.15) is 0 Å². The van der Waals surface area contributed by atoms with Crippen LogP contribution in [-0.2, 0) is 6.54 Å². The monoisotopic (exact) mass is 221 g/mol. The van der Waals surface area contributed by atoms with Crippen molar-refractivity contribution in [2.75, 3.05) is 0 Å². The van der Waals surface area contributed by atoms with Crippen molar-refractivity contribution in [2.24, 2.45) is 5.73 Å². The molecule has 1 nitrogen and oxygen atoms in total. The Balaban J connectivity index is 3.24. The van der Waals surface area contributed by atoms with E-state index in [0.717, 1.165) is 6.07 Å². The van der Waals surface area contributed by atoms with E-state index >= 15 is 0 Å². The Labute approximate surface area is 71.3 Å². The fraction of sp³-hybridized carbons (Fsp3) is 0.143. The highest BCUT2D eigenvalue weighted by Crippen LogP contribution is 2.21. The summed E-state index contributed by atoms with van der Waals surface area (Å²) in [5.74, 6) is -1.23. The van der Waals surface area contributed by atoms with Crippen molar-refractivity contribution in [1.29, 1.82) is 0 Å². The van der Waals surface area contributed by atoms with E-state index in [2.05, 4.69) is 15.9 Å². The molecule has 0 bridgehead atoms. The molecule has 0 heterocycles. The third kappa shape index (κ3) is 1.75. The molecule has 0 atom stereocenters.